The van der Waals surface area contributed by atoms with Gasteiger partial charge in [0.05, 0.1) is 6.54 Å². The molecule has 2 amide bonds. The minimum atomic E-state index is -0.312. The number of carbonyl (C=O) groups excluding carboxylic acids is 2. The van der Waals surface area contributed by atoms with Crippen LogP contribution in [-0.4, -0.2) is 36.3 Å². The number of likely N-dealkylation sites (N-methyl/N-ethyl adjacent to an activating group) is 1. The van der Waals surface area contributed by atoms with Gasteiger partial charge in [-0.15, -0.1) is 0 Å². The van der Waals surface area contributed by atoms with E-state index in [0.717, 1.165) is 5.56 Å². The lowest BCUT2D eigenvalue weighted by molar-refractivity contribution is -0.136. The average molecular weight is 295 g/mol. The fourth-order valence-electron chi connectivity index (χ4n) is 1.82. The molecule has 116 valence electrons. The Kier molecular flexibility index (Phi) is 7.39. The van der Waals surface area contributed by atoms with Crippen molar-refractivity contribution in [1.29, 1.82) is 0 Å². The van der Waals surface area contributed by atoms with E-state index in [4.69, 9.17) is 5.73 Å². The zero-order valence-corrected chi connectivity index (χ0v) is 12.3. The topological polar surface area (TPSA) is 75.4 Å². The summed E-state index contributed by atoms with van der Waals surface area (Å²) in [4.78, 5) is 25.2. The van der Waals surface area contributed by atoms with Gasteiger partial charge in [-0.2, -0.15) is 0 Å². The first kappa shape index (κ1) is 17.1. The van der Waals surface area contributed by atoms with Crippen LogP contribution in [0.25, 0.3) is 0 Å². The molecule has 0 heterocycles. The fourth-order valence-corrected chi connectivity index (χ4v) is 1.82. The SMILES string of the molecule is CCN(CC(=O)NCc1ccc(F)cc1)C(=O)CCCN. The molecule has 0 unspecified atom stereocenters. The summed E-state index contributed by atoms with van der Waals surface area (Å²) in [6.07, 6.45) is 0.974. The molecular formula is C15H22FN3O2. The van der Waals surface area contributed by atoms with Gasteiger partial charge in [0, 0.05) is 19.5 Å². The molecule has 0 saturated heterocycles. The summed E-state index contributed by atoms with van der Waals surface area (Å²) in [7, 11) is 0. The first-order valence-corrected chi connectivity index (χ1v) is 7.05. The van der Waals surface area contributed by atoms with Gasteiger partial charge in [0.2, 0.25) is 11.8 Å². The second-order valence-corrected chi connectivity index (χ2v) is 4.70. The van der Waals surface area contributed by atoms with Crippen LogP contribution in [0.2, 0.25) is 0 Å². The lowest BCUT2D eigenvalue weighted by Crippen LogP contribution is -2.40. The Hall–Kier alpha value is -1.95. The van der Waals surface area contributed by atoms with Gasteiger partial charge in [-0.1, -0.05) is 12.1 Å². The van der Waals surface area contributed by atoms with Crippen LogP contribution in [0.4, 0.5) is 4.39 Å². The number of nitrogens with two attached hydrogens (primary N) is 1. The number of hydrogen-bond acceptors (Lipinski definition) is 3. The maximum atomic E-state index is 12.8. The monoisotopic (exact) mass is 295 g/mol. The van der Waals surface area contributed by atoms with E-state index in [1.54, 1.807) is 12.1 Å². The number of halogens is 1. The van der Waals surface area contributed by atoms with E-state index >= 15 is 0 Å². The first-order valence-electron chi connectivity index (χ1n) is 7.05. The quantitative estimate of drug-likeness (QED) is 0.752. The van der Waals surface area contributed by atoms with Crippen molar-refractivity contribution < 1.29 is 14.0 Å². The van der Waals surface area contributed by atoms with Crippen molar-refractivity contribution >= 4 is 11.8 Å². The summed E-state index contributed by atoms with van der Waals surface area (Å²) in [6.45, 7) is 3.11. The highest BCUT2D eigenvalue weighted by Crippen LogP contribution is 2.02. The Morgan fingerprint density at radius 2 is 1.95 bits per heavy atom. The molecule has 0 saturated carbocycles. The molecule has 0 bridgehead atoms. The highest BCUT2D eigenvalue weighted by molar-refractivity contribution is 5.84. The minimum Gasteiger partial charge on any atom is -0.350 e. The predicted octanol–water partition coefficient (Wildman–Crippen LogP) is 1.03. The van der Waals surface area contributed by atoms with Crippen LogP contribution in [0.1, 0.15) is 25.3 Å². The number of nitrogens with zero attached hydrogens (tertiary/aromatic N) is 1. The highest BCUT2D eigenvalue weighted by Gasteiger charge is 2.14. The molecule has 0 aromatic heterocycles. The molecule has 0 aliphatic carbocycles. The van der Waals surface area contributed by atoms with Gasteiger partial charge in [-0.3, -0.25) is 9.59 Å². The van der Waals surface area contributed by atoms with Crippen LogP contribution in [0.15, 0.2) is 24.3 Å². The summed E-state index contributed by atoms with van der Waals surface area (Å²) in [6, 6.07) is 5.91. The van der Waals surface area contributed by atoms with Crippen LogP contribution in [0.3, 0.4) is 0 Å². The van der Waals surface area contributed by atoms with Gasteiger partial charge in [0.1, 0.15) is 5.82 Å². The molecule has 0 aliphatic heterocycles. The first-order chi connectivity index (χ1) is 10.1. The van der Waals surface area contributed by atoms with E-state index in [1.807, 2.05) is 6.92 Å². The normalized spacial score (nSPS) is 10.2. The van der Waals surface area contributed by atoms with Gasteiger partial charge in [-0.05, 0) is 37.6 Å². The van der Waals surface area contributed by atoms with Crippen LogP contribution in [0, 0.1) is 5.82 Å². The molecule has 0 spiro atoms. The maximum Gasteiger partial charge on any atom is 0.239 e. The van der Waals surface area contributed by atoms with Crippen LogP contribution in [0.5, 0.6) is 0 Å². The smallest absolute Gasteiger partial charge is 0.239 e. The van der Waals surface area contributed by atoms with Gasteiger partial charge in [-0.25, -0.2) is 4.39 Å². The molecule has 1 aromatic carbocycles. The largest absolute Gasteiger partial charge is 0.350 e. The van der Waals surface area contributed by atoms with E-state index in [9.17, 15) is 14.0 Å². The Labute approximate surface area is 124 Å². The molecule has 1 aromatic rings. The number of hydrogen-bond donors (Lipinski definition) is 2. The van der Waals surface area contributed by atoms with Gasteiger partial charge >= 0.3 is 0 Å². The van der Waals surface area contributed by atoms with E-state index in [-0.39, 0.29) is 24.2 Å². The van der Waals surface area contributed by atoms with Crippen molar-refractivity contribution in [1.82, 2.24) is 10.2 Å². The lowest BCUT2D eigenvalue weighted by atomic mass is 10.2. The van der Waals surface area contributed by atoms with E-state index in [0.29, 0.717) is 32.5 Å². The Morgan fingerprint density at radius 1 is 1.29 bits per heavy atom. The molecule has 0 atom stereocenters. The molecule has 5 nitrogen and oxygen atoms in total. The molecule has 3 N–H and O–H groups in total. The third kappa shape index (κ3) is 6.35. The summed E-state index contributed by atoms with van der Waals surface area (Å²) >= 11 is 0. The number of carbonyl (C=O) groups is 2. The third-order valence-corrected chi connectivity index (χ3v) is 3.07. The van der Waals surface area contributed by atoms with Crippen molar-refractivity contribution in [2.45, 2.75) is 26.3 Å². The Balaban J connectivity index is 2.40. The lowest BCUT2D eigenvalue weighted by Gasteiger charge is -2.20. The van der Waals surface area contributed by atoms with Crippen LogP contribution >= 0.6 is 0 Å². The molecule has 0 aliphatic rings. The second-order valence-electron chi connectivity index (χ2n) is 4.70. The highest BCUT2D eigenvalue weighted by atomic mass is 19.1. The number of nitrogens with one attached hydrogen (secondary N) is 1. The fraction of sp³-hybridized carbons (Fsp3) is 0.467. The second kappa shape index (κ2) is 9.07. The summed E-state index contributed by atoms with van der Waals surface area (Å²) in [5.41, 5.74) is 6.17. The predicted molar refractivity (Wildman–Crippen MR) is 78.8 cm³/mol. The van der Waals surface area contributed by atoms with Gasteiger partial charge in [0.25, 0.3) is 0 Å². The van der Waals surface area contributed by atoms with Gasteiger partial charge in [0.15, 0.2) is 0 Å². The van der Waals surface area contributed by atoms with E-state index in [2.05, 4.69) is 5.32 Å². The summed E-state index contributed by atoms with van der Waals surface area (Å²) in [5.74, 6) is -0.616. The Morgan fingerprint density at radius 3 is 2.52 bits per heavy atom. The molecule has 0 fully saturated rings. The average Bonchev–Trinajstić information content (AvgIpc) is 2.49. The number of amides is 2. The maximum absolute atomic E-state index is 12.8. The molecule has 0 radical (unpaired) electrons. The third-order valence-electron chi connectivity index (χ3n) is 3.07. The molecule has 1 rings (SSSR count). The summed E-state index contributed by atoms with van der Waals surface area (Å²) < 4.78 is 12.8. The standard InChI is InChI=1S/C15H22FN3O2/c1-2-19(15(21)4-3-9-17)11-14(20)18-10-12-5-7-13(16)8-6-12/h5-8H,2-4,9-11,17H2,1H3,(H,18,20). The van der Waals surface area contributed by atoms with Crippen LogP contribution in [-0.2, 0) is 16.1 Å². The zero-order valence-electron chi connectivity index (χ0n) is 12.3. The van der Waals surface area contributed by atoms with Crippen molar-refractivity contribution in [3.05, 3.63) is 35.6 Å². The molecular weight excluding hydrogens is 273 g/mol. The van der Waals surface area contributed by atoms with Crippen LogP contribution < -0.4 is 11.1 Å². The van der Waals surface area contributed by atoms with Crippen molar-refractivity contribution in [3.63, 3.8) is 0 Å². The van der Waals surface area contributed by atoms with Gasteiger partial charge < -0.3 is 16.0 Å². The molecule has 6 heteroatoms. The minimum absolute atomic E-state index is 0.0289. The zero-order chi connectivity index (χ0) is 15.7. The summed E-state index contributed by atoms with van der Waals surface area (Å²) in [5, 5.41) is 2.71. The number of benzene rings is 1. The van der Waals surface area contributed by atoms with Crippen molar-refractivity contribution in [2.75, 3.05) is 19.6 Å². The van der Waals surface area contributed by atoms with Crippen molar-refractivity contribution in [2.24, 2.45) is 5.73 Å². The van der Waals surface area contributed by atoms with Crippen molar-refractivity contribution in [3.8, 4) is 0 Å². The van der Waals surface area contributed by atoms with E-state index < -0.39 is 0 Å². The number of rotatable bonds is 8. The Bertz CT molecular complexity index is 462. The molecule has 21 heavy (non-hydrogen) atoms. The van der Waals surface area contributed by atoms with E-state index in [1.165, 1.54) is 17.0 Å².